The molecule has 0 fully saturated rings. The van der Waals surface area contributed by atoms with Gasteiger partial charge in [0.1, 0.15) is 5.54 Å². The van der Waals surface area contributed by atoms with Crippen molar-refractivity contribution in [2.45, 2.75) is 19.4 Å². The van der Waals surface area contributed by atoms with Gasteiger partial charge in [-0.05, 0) is 19.9 Å². The topological polar surface area (TPSA) is 94.0 Å². The Morgan fingerprint density at radius 2 is 2.14 bits per heavy atom. The minimum absolute atomic E-state index is 0.431. The summed E-state index contributed by atoms with van der Waals surface area (Å²) < 4.78 is 0. The summed E-state index contributed by atoms with van der Waals surface area (Å²) in [5.74, 6) is -0.431. The third-order valence-corrected chi connectivity index (χ3v) is 1.83. The van der Waals surface area contributed by atoms with E-state index < -0.39 is 11.4 Å². The van der Waals surface area contributed by atoms with Crippen LogP contribution < -0.4 is 16.8 Å². The van der Waals surface area contributed by atoms with Crippen LogP contribution in [0.2, 0.25) is 0 Å². The van der Waals surface area contributed by atoms with E-state index in [0.717, 1.165) is 0 Å². The molecule has 0 atom stereocenters. The van der Waals surface area contributed by atoms with E-state index in [4.69, 9.17) is 11.5 Å². The number of nitrogens with two attached hydrogens (primary N) is 2. The fourth-order valence-corrected chi connectivity index (χ4v) is 0.949. The fraction of sp³-hybridized carbons (Fsp3) is 0.333. The van der Waals surface area contributed by atoms with Gasteiger partial charge in [0.2, 0.25) is 5.91 Å². The number of primary amides is 1. The van der Waals surface area contributed by atoms with E-state index in [2.05, 4.69) is 10.3 Å². The van der Waals surface area contributed by atoms with Crippen molar-refractivity contribution in [2.24, 2.45) is 5.73 Å². The molecule has 76 valence electrons. The van der Waals surface area contributed by atoms with E-state index in [0.29, 0.717) is 11.4 Å². The predicted octanol–water partition coefficient (Wildman–Crippen LogP) is 0.340. The number of nitrogens with one attached hydrogen (secondary N) is 1. The first-order valence-electron chi connectivity index (χ1n) is 4.20. The average molecular weight is 194 g/mol. The van der Waals surface area contributed by atoms with Gasteiger partial charge in [-0.25, -0.2) is 0 Å². The van der Waals surface area contributed by atoms with E-state index in [-0.39, 0.29) is 0 Å². The number of nitrogen functional groups attached to an aromatic ring is 1. The summed E-state index contributed by atoms with van der Waals surface area (Å²) >= 11 is 0. The summed E-state index contributed by atoms with van der Waals surface area (Å²) in [6, 6.07) is 1.69. The van der Waals surface area contributed by atoms with Gasteiger partial charge in [-0.3, -0.25) is 9.78 Å². The first-order chi connectivity index (χ1) is 6.42. The number of anilines is 2. The summed E-state index contributed by atoms with van der Waals surface area (Å²) in [4.78, 5) is 14.9. The molecule has 5 N–H and O–H groups in total. The molecule has 1 aromatic rings. The Hall–Kier alpha value is -1.78. The van der Waals surface area contributed by atoms with Crippen LogP contribution in [-0.2, 0) is 4.79 Å². The normalized spacial score (nSPS) is 11.0. The van der Waals surface area contributed by atoms with Crippen molar-refractivity contribution < 1.29 is 4.79 Å². The van der Waals surface area contributed by atoms with Crippen LogP contribution >= 0.6 is 0 Å². The highest BCUT2D eigenvalue weighted by Gasteiger charge is 2.24. The molecule has 0 spiro atoms. The van der Waals surface area contributed by atoms with Gasteiger partial charge in [-0.15, -0.1) is 0 Å². The first-order valence-corrected chi connectivity index (χ1v) is 4.20. The molecule has 0 aliphatic rings. The molecule has 1 amide bonds. The van der Waals surface area contributed by atoms with Crippen LogP contribution in [0.25, 0.3) is 0 Å². The van der Waals surface area contributed by atoms with Crippen LogP contribution in [0.4, 0.5) is 11.4 Å². The third kappa shape index (κ3) is 2.35. The molecule has 1 rings (SSSR count). The van der Waals surface area contributed by atoms with Crippen LogP contribution in [0, 0.1) is 0 Å². The zero-order valence-corrected chi connectivity index (χ0v) is 8.24. The van der Waals surface area contributed by atoms with Crippen LogP contribution in [0.3, 0.4) is 0 Å². The lowest BCUT2D eigenvalue weighted by Crippen LogP contribution is -2.45. The molecular formula is C9H14N4O. The Morgan fingerprint density at radius 1 is 1.50 bits per heavy atom. The Kier molecular flexibility index (Phi) is 2.60. The van der Waals surface area contributed by atoms with Gasteiger partial charge in [0.25, 0.3) is 0 Å². The van der Waals surface area contributed by atoms with Crippen LogP contribution in [0.15, 0.2) is 18.5 Å². The Morgan fingerprint density at radius 3 is 2.64 bits per heavy atom. The van der Waals surface area contributed by atoms with Crippen LogP contribution in [0.1, 0.15) is 13.8 Å². The number of pyridine rings is 1. The van der Waals surface area contributed by atoms with Gasteiger partial charge < -0.3 is 16.8 Å². The smallest absolute Gasteiger partial charge is 0.242 e. The summed E-state index contributed by atoms with van der Waals surface area (Å²) in [7, 11) is 0. The third-order valence-electron chi connectivity index (χ3n) is 1.83. The zero-order valence-electron chi connectivity index (χ0n) is 8.24. The fourth-order valence-electron chi connectivity index (χ4n) is 0.949. The van der Waals surface area contributed by atoms with Crippen molar-refractivity contribution in [1.82, 2.24) is 4.98 Å². The minimum Gasteiger partial charge on any atom is -0.397 e. The number of nitrogens with zero attached hydrogens (tertiary/aromatic N) is 1. The van der Waals surface area contributed by atoms with Gasteiger partial charge in [0.05, 0.1) is 17.6 Å². The van der Waals surface area contributed by atoms with E-state index in [1.54, 1.807) is 26.1 Å². The second-order valence-corrected chi connectivity index (χ2v) is 3.62. The standard InChI is InChI=1S/C9H14N4O/c1-9(2,8(11)14)13-7-3-6(10)4-12-5-7/h3-5,13H,10H2,1-2H3,(H2,11,14). The largest absolute Gasteiger partial charge is 0.397 e. The quantitative estimate of drug-likeness (QED) is 0.646. The molecule has 0 aliphatic heterocycles. The molecule has 5 heteroatoms. The zero-order chi connectivity index (χ0) is 10.8. The molecule has 0 aromatic carbocycles. The molecule has 0 radical (unpaired) electrons. The summed E-state index contributed by atoms with van der Waals surface area (Å²) in [5.41, 5.74) is 11.1. The molecule has 0 bridgehead atoms. The van der Waals surface area contributed by atoms with Crippen molar-refractivity contribution in [1.29, 1.82) is 0 Å². The van der Waals surface area contributed by atoms with Gasteiger partial charge in [0, 0.05) is 6.20 Å². The molecule has 14 heavy (non-hydrogen) atoms. The molecule has 5 nitrogen and oxygen atoms in total. The maximum absolute atomic E-state index is 11.0. The number of aromatic nitrogens is 1. The van der Waals surface area contributed by atoms with Crippen molar-refractivity contribution in [3.8, 4) is 0 Å². The van der Waals surface area contributed by atoms with Gasteiger partial charge in [-0.2, -0.15) is 0 Å². The monoisotopic (exact) mass is 194 g/mol. The Labute approximate surface area is 82.5 Å². The van der Waals surface area contributed by atoms with E-state index in [1.807, 2.05) is 0 Å². The van der Waals surface area contributed by atoms with Crippen molar-refractivity contribution in [3.63, 3.8) is 0 Å². The van der Waals surface area contributed by atoms with Crippen molar-refractivity contribution in [3.05, 3.63) is 18.5 Å². The molecule has 0 aliphatic carbocycles. The van der Waals surface area contributed by atoms with Gasteiger partial charge >= 0.3 is 0 Å². The lowest BCUT2D eigenvalue weighted by Gasteiger charge is -2.23. The second kappa shape index (κ2) is 3.53. The van der Waals surface area contributed by atoms with Crippen LogP contribution in [0.5, 0.6) is 0 Å². The number of hydrogen-bond acceptors (Lipinski definition) is 4. The number of carbonyl (C=O) groups is 1. The molecular weight excluding hydrogens is 180 g/mol. The molecule has 1 heterocycles. The summed E-state index contributed by atoms with van der Waals surface area (Å²) in [5, 5.41) is 2.94. The molecule has 0 saturated carbocycles. The molecule has 1 aromatic heterocycles. The highest BCUT2D eigenvalue weighted by Crippen LogP contribution is 2.15. The Balaban J connectivity index is 2.83. The van der Waals surface area contributed by atoms with Crippen molar-refractivity contribution >= 4 is 17.3 Å². The predicted molar refractivity (Wildman–Crippen MR) is 55.5 cm³/mol. The van der Waals surface area contributed by atoms with Gasteiger partial charge in [-0.1, -0.05) is 0 Å². The maximum Gasteiger partial charge on any atom is 0.242 e. The molecule has 0 saturated heterocycles. The molecule has 0 unspecified atom stereocenters. The summed E-state index contributed by atoms with van der Waals surface area (Å²) in [6.07, 6.45) is 3.11. The van der Waals surface area contributed by atoms with Crippen LogP contribution in [-0.4, -0.2) is 16.4 Å². The van der Waals surface area contributed by atoms with E-state index in [1.165, 1.54) is 6.20 Å². The highest BCUT2D eigenvalue weighted by molar-refractivity contribution is 5.87. The first kappa shape index (κ1) is 10.3. The highest BCUT2D eigenvalue weighted by atomic mass is 16.1. The number of carbonyl (C=O) groups excluding carboxylic acids is 1. The van der Waals surface area contributed by atoms with E-state index in [9.17, 15) is 4.79 Å². The maximum atomic E-state index is 11.0. The number of rotatable bonds is 3. The SMILES string of the molecule is CC(C)(Nc1cncc(N)c1)C(N)=O. The summed E-state index contributed by atoms with van der Waals surface area (Å²) in [6.45, 7) is 3.39. The average Bonchev–Trinajstić information content (AvgIpc) is 2.02. The number of amides is 1. The second-order valence-electron chi connectivity index (χ2n) is 3.62. The lowest BCUT2D eigenvalue weighted by molar-refractivity contribution is -0.121. The minimum atomic E-state index is -0.810. The van der Waals surface area contributed by atoms with Gasteiger partial charge in [0.15, 0.2) is 0 Å². The lowest BCUT2D eigenvalue weighted by atomic mass is 10.1. The van der Waals surface area contributed by atoms with E-state index >= 15 is 0 Å². The van der Waals surface area contributed by atoms with Crippen molar-refractivity contribution in [2.75, 3.05) is 11.1 Å². The number of hydrogen-bond donors (Lipinski definition) is 3. The Bertz CT molecular complexity index is 348.